The third-order valence-corrected chi connectivity index (χ3v) is 5.34. The maximum absolute atomic E-state index is 13.2. The molecule has 1 aromatic rings. The molecule has 3 unspecified atom stereocenters. The number of hydrogen-bond donors (Lipinski definition) is 1. The number of anilines is 1. The zero-order valence-corrected chi connectivity index (χ0v) is 11.5. The maximum Gasteiger partial charge on any atom is 0.125 e. The highest BCUT2D eigenvalue weighted by Gasteiger charge is 2.24. The summed E-state index contributed by atoms with van der Waals surface area (Å²) in [4.78, 5) is 0. The van der Waals surface area contributed by atoms with Crippen LogP contribution in [0.3, 0.4) is 0 Å². The molecule has 2 rings (SSSR count). The molecule has 1 aromatic carbocycles. The molecule has 0 saturated heterocycles. The summed E-state index contributed by atoms with van der Waals surface area (Å²) in [6.45, 7) is 2.21. The Labute approximate surface area is 110 Å². The Morgan fingerprint density at radius 2 is 2.17 bits per heavy atom. The molecule has 0 bridgehead atoms. The quantitative estimate of drug-likeness (QED) is 0.856. The van der Waals surface area contributed by atoms with Crippen molar-refractivity contribution < 1.29 is 8.60 Å². The van der Waals surface area contributed by atoms with Gasteiger partial charge in [-0.15, -0.1) is 0 Å². The maximum atomic E-state index is 13.2. The minimum absolute atomic E-state index is 0.262. The summed E-state index contributed by atoms with van der Waals surface area (Å²) in [7, 11) is -0.917. The molecular formula is C14H20FNOS. The molecule has 100 valence electrons. The van der Waals surface area contributed by atoms with Gasteiger partial charge in [0.15, 0.2) is 0 Å². The van der Waals surface area contributed by atoms with E-state index in [1.54, 1.807) is 6.07 Å². The summed E-state index contributed by atoms with van der Waals surface area (Å²) >= 11 is 0. The fourth-order valence-electron chi connectivity index (χ4n) is 2.66. The molecule has 18 heavy (non-hydrogen) atoms. The van der Waals surface area contributed by atoms with Crippen LogP contribution in [0.1, 0.15) is 38.2 Å². The van der Waals surface area contributed by atoms with Crippen molar-refractivity contribution >= 4 is 16.5 Å². The van der Waals surface area contributed by atoms with Crippen LogP contribution < -0.4 is 5.73 Å². The largest absolute Gasteiger partial charge is 0.399 e. The van der Waals surface area contributed by atoms with Crippen molar-refractivity contribution in [2.24, 2.45) is 5.92 Å². The van der Waals surface area contributed by atoms with E-state index in [-0.39, 0.29) is 11.1 Å². The normalized spacial score (nSPS) is 25.9. The molecule has 0 spiro atoms. The van der Waals surface area contributed by atoms with E-state index in [1.165, 1.54) is 18.6 Å². The molecule has 4 heteroatoms. The predicted octanol–water partition coefficient (Wildman–Crippen LogP) is 3.24. The Hall–Kier alpha value is -0.900. The lowest BCUT2D eigenvalue weighted by Crippen LogP contribution is -2.24. The smallest absolute Gasteiger partial charge is 0.125 e. The molecule has 1 aliphatic rings. The molecule has 1 saturated carbocycles. The molecule has 1 fully saturated rings. The molecule has 0 heterocycles. The van der Waals surface area contributed by atoms with Crippen LogP contribution in [0.2, 0.25) is 0 Å². The average Bonchev–Trinajstić information content (AvgIpc) is 2.27. The summed E-state index contributed by atoms with van der Waals surface area (Å²) in [6.07, 6.45) is 4.45. The van der Waals surface area contributed by atoms with Gasteiger partial charge >= 0.3 is 0 Å². The summed E-state index contributed by atoms with van der Waals surface area (Å²) in [6, 6.07) is 4.43. The SMILES string of the molecule is CC1CCCC(S(=O)Cc2cc(N)cc(F)c2)C1. The van der Waals surface area contributed by atoms with E-state index in [0.29, 0.717) is 17.4 Å². The summed E-state index contributed by atoms with van der Waals surface area (Å²) in [5, 5.41) is 0.262. The Morgan fingerprint density at radius 3 is 2.83 bits per heavy atom. The van der Waals surface area contributed by atoms with Gasteiger partial charge in [0, 0.05) is 27.5 Å². The van der Waals surface area contributed by atoms with Gasteiger partial charge in [0.25, 0.3) is 0 Å². The molecule has 2 nitrogen and oxygen atoms in total. The van der Waals surface area contributed by atoms with Gasteiger partial charge in [-0.05, 0) is 42.5 Å². The van der Waals surface area contributed by atoms with E-state index in [0.717, 1.165) is 24.8 Å². The van der Waals surface area contributed by atoms with Crippen molar-refractivity contribution in [1.82, 2.24) is 0 Å². The molecular weight excluding hydrogens is 249 g/mol. The second kappa shape index (κ2) is 5.83. The van der Waals surface area contributed by atoms with E-state index >= 15 is 0 Å². The Kier molecular flexibility index (Phi) is 4.38. The van der Waals surface area contributed by atoms with Crippen LogP contribution in [-0.2, 0) is 16.6 Å². The molecule has 3 atom stereocenters. The van der Waals surface area contributed by atoms with Gasteiger partial charge in [0.1, 0.15) is 5.82 Å². The molecule has 2 N–H and O–H groups in total. The van der Waals surface area contributed by atoms with E-state index in [9.17, 15) is 8.60 Å². The lowest BCUT2D eigenvalue weighted by molar-refractivity contribution is 0.389. The first-order chi connectivity index (χ1) is 8.54. The Morgan fingerprint density at radius 1 is 1.39 bits per heavy atom. The van der Waals surface area contributed by atoms with E-state index in [1.807, 2.05) is 0 Å². The van der Waals surface area contributed by atoms with E-state index in [4.69, 9.17) is 5.73 Å². The topological polar surface area (TPSA) is 43.1 Å². The molecule has 0 radical (unpaired) electrons. The fraction of sp³-hybridized carbons (Fsp3) is 0.571. The number of rotatable bonds is 3. The van der Waals surface area contributed by atoms with Gasteiger partial charge in [-0.2, -0.15) is 0 Å². The molecule has 0 aromatic heterocycles. The van der Waals surface area contributed by atoms with Gasteiger partial charge in [-0.25, -0.2) is 4.39 Å². The highest BCUT2D eigenvalue weighted by Crippen LogP contribution is 2.28. The zero-order valence-electron chi connectivity index (χ0n) is 10.7. The number of benzene rings is 1. The van der Waals surface area contributed by atoms with Crippen LogP contribution in [-0.4, -0.2) is 9.46 Å². The van der Waals surface area contributed by atoms with Crippen molar-refractivity contribution in [1.29, 1.82) is 0 Å². The first kappa shape index (κ1) is 13.5. The minimum Gasteiger partial charge on any atom is -0.399 e. The molecule has 0 aliphatic heterocycles. The first-order valence-electron chi connectivity index (χ1n) is 6.46. The third kappa shape index (κ3) is 3.55. The van der Waals surface area contributed by atoms with E-state index < -0.39 is 10.8 Å². The summed E-state index contributed by atoms with van der Waals surface area (Å²) in [5.74, 6) is 0.726. The number of nitrogen functional groups attached to an aromatic ring is 1. The predicted molar refractivity (Wildman–Crippen MR) is 74.1 cm³/mol. The van der Waals surface area contributed by atoms with Crippen LogP contribution in [0.4, 0.5) is 10.1 Å². The van der Waals surface area contributed by atoms with Crippen LogP contribution in [0.15, 0.2) is 18.2 Å². The van der Waals surface area contributed by atoms with Crippen LogP contribution in [0.5, 0.6) is 0 Å². The summed E-state index contributed by atoms with van der Waals surface area (Å²) in [5.41, 5.74) is 6.74. The lowest BCUT2D eigenvalue weighted by Gasteiger charge is -2.26. The second-order valence-electron chi connectivity index (χ2n) is 5.31. The highest BCUT2D eigenvalue weighted by molar-refractivity contribution is 7.84. The van der Waals surface area contributed by atoms with Gasteiger partial charge in [-0.1, -0.05) is 19.8 Å². The standard InChI is InChI=1S/C14H20FNOS/c1-10-3-2-4-14(5-10)18(17)9-11-6-12(15)8-13(16)7-11/h6-8,10,14H,2-5,9,16H2,1H3. The fourth-order valence-corrected chi connectivity index (χ4v) is 4.36. The highest BCUT2D eigenvalue weighted by atomic mass is 32.2. The van der Waals surface area contributed by atoms with Crippen molar-refractivity contribution in [3.63, 3.8) is 0 Å². The van der Waals surface area contributed by atoms with Crippen LogP contribution in [0.25, 0.3) is 0 Å². The Balaban J connectivity index is 2.02. The van der Waals surface area contributed by atoms with Gasteiger partial charge in [0.2, 0.25) is 0 Å². The van der Waals surface area contributed by atoms with Crippen LogP contribution in [0, 0.1) is 11.7 Å². The van der Waals surface area contributed by atoms with Crippen LogP contribution >= 0.6 is 0 Å². The van der Waals surface area contributed by atoms with Gasteiger partial charge in [0.05, 0.1) is 0 Å². The number of hydrogen-bond acceptors (Lipinski definition) is 2. The minimum atomic E-state index is -0.917. The van der Waals surface area contributed by atoms with Gasteiger partial charge in [-0.3, -0.25) is 4.21 Å². The first-order valence-corrected chi connectivity index (χ1v) is 7.85. The van der Waals surface area contributed by atoms with Gasteiger partial charge < -0.3 is 5.73 Å². The zero-order chi connectivity index (χ0) is 13.1. The summed E-state index contributed by atoms with van der Waals surface area (Å²) < 4.78 is 25.5. The number of halogens is 1. The monoisotopic (exact) mass is 269 g/mol. The molecule has 0 amide bonds. The second-order valence-corrected chi connectivity index (χ2v) is 7.03. The van der Waals surface area contributed by atoms with Crippen molar-refractivity contribution in [2.75, 3.05) is 5.73 Å². The van der Waals surface area contributed by atoms with Crippen molar-refractivity contribution in [2.45, 2.75) is 43.6 Å². The average molecular weight is 269 g/mol. The lowest BCUT2D eigenvalue weighted by atomic mass is 9.91. The third-order valence-electron chi connectivity index (χ3n) is 3.55. The van der Waals surface area contributed by atoms with E-state index in [2.05, 4.69) is 6.92 Å². The Bertz CT molecular complexity index is 429. The number of nitrogens with two attached hydrogens (primary N) is 1. The van der Waals surface area contributed by atoms with Crippen molar-refractivity contribution in [3.8, 4) is 0 Å². The van der Waals surface area contributed by atoms with Crippen molar-refractivity contribution in [3.05, 3.63) is 29.6 Å². The molecule has 1 aliphatic carbocycles.